The van der Waals surface area contributed by atoms with E-state index in [9.17, 15) is 10.1 Å². The van der Waals surface area contributed by atoms with E-state index in [-0.39, 0.29) is 18.4 Å². The number of imidazole rings is 1. The van der Waals surface area contributed by atoms with Crippen LogP contribution in [0.3, 0.4) is 0 Å². The highest BCUT2D eigenvalue weighted by molar-refractivity contribution is 6.36. The van der Waals surface area contributed by atoms with Crippen molar-refractivity contribution in [2.45, 2.75) is 50.9 Å². The van der Waals surface area contributed by atoms with Gasteiger partial charge in [-0.15, -0.1) is 0 Å². The summed E-state index contributed by atoms with van der Waals surface area (Å²) < 4.78 is 8.14. The van der Waals surface area contributed by atoms with Crippen LogP contribution in [0.4, 0.5) is 11.5 Å². The van der Waals surface area contributed by atoms with Gasteiger partial charge in [0.15, 0.2) is 0 Å². The predicted molar refractivity (Wildman–Crippen MR) is 200 cm³/mol. The molecule has 0 aliphatic carbocycles. The van der Waals surface area contributed by atoms with Gasteiger partial charge < -0.3 is 33.8 Å². The zero-order valence-corrected chi connectivity index (χ0v) is 30.3. The minimum absolute atomic E-state index is 0.128. The van der Waals surface area contributed by atoms with Gasteiger partial charge in [-0.2, -0.15) is 15.2 Å². The highest BCUT2D eigenvalue weighted by Crippen LogP contribution is 2.37. The van der Waals surface area contributed by atoms with E-state index in [1.165, 1.54) is 0 Å². The van der Waals surface area contributed by atoms with E-state index in [2.05, 4.69) is 57.1 Å². The number of halogens is 1. The number of likely N-dealkylation sites (N-methyl/N-ethyl adjacent to an activating group) is 1. The Kier molecular flexibility index (Phi) is 10.4. The fourth-order valence-corrected chi connectivity index (χ4v) is 7.83. The molecule has 2 saturated heterocycles. The SMILES string of the molecule is CN(C)Cc1cn(/C=C/C(=O)N2CCN(c3nc(OC[C@@H]4CCCN4C)nc4c3CCN(c3cccc5cccc(Cl)c35)C4)C[C@@H]2CC#N)cn1. The van der Waals surface area contributed by atoms with E-state index >= 15 is 0 Å². The quantitative estimate of drug-likeness (QED) is 0.216. The van der Waals surface area contributed by atoms with Crippen molar-refractivity contribution in [1.29, 1.82) is 5.26 Å². The van der Waals surface area contributed by atoms with E-state index in [4.69, 9.17) is 26.3 Å². The number of carbonyl (C=O) groups excluding carboxylic acids is 1. The van der Waals surface area contributed by atoms with Gasteiger partial charge in [0.05, 0.1) is 47.8 Å². The first-order chi connectivity index (χ1) is 24.8. The standard InChI is InChI=1S/C38H45ClN10O2/c1-44(2)21-28-22-46(26-41-28)17-14-35(50)49-20-19-48(23-29(49)12-15-40)37-31-13-18-47(34-11-5-8-27-7-4-10-32(39)36(27)34)24-33(31)42-38(43-37)51-25-30-9-6-16-45(30)3/h4-5,7-8,10-11,14,17,22,26,29-30H,6,9,12-13,16,18-21,23-25H2,1-3H3/b17-14+/t29-,30-/m0/s1. The summed E-state index contributed by atoms with van der Waals surface area (Å²) in [5.41, 5.74) is 4.02. The van der Waals surface area contributed by atoms with Crippen LogP contribution in [0.25, 0.3) is 17.0 Å². The Labute approximate surface area is 304 Å². The fourth-order valence-electron chi connectivity index (χ4n) is 7.55. The predicted octanol–water partition coefficient (Wildman–Crippen LogP) is 4.68. The maximum Gasteiger partial charge on any atom is 0.318 e. The monoisotopic (exact) mass is 708 g/mol. The van der Waals surface area contributed by atoms with Gasteiger partial charge in [-0.05, 0) is 64.5 Å². The molecule has 0 radical (unpaired) electrons. The number of nitrogens with zero attached hydrogens (tertiary/aromatic N) is 10. The Morgan fingerprint density at radius 2 is 1.94 bits per heavy atom. The average molecular weight is 709 g/mol. The second kappa shape index (κ2) is 15.3. The lowest BCUT2D eigenvalue weighted by Gasteiger charge is -2.42. The summed E-state index contributed by atoms with van der Waals surface area (Å²) >= 11 is 6.75. The van der Waals surface area contributed by atoms with Gasteiger partial charge >= 0.3 is 6.01 Å². The number of fused-ring (bicyclic) bond motifs is 2. The summed E-state index contributed by atoms with van der Waals surface area (Å²) in [4.78, 5) is 38.7. The molecule has 12 nitrogen and oxygen atoms in total. The van der Waals surface area contributed by atoms with E-state index in [1.807, 2.05) is 37.3 Å². The summed E-state index contributed by atoms with van der Waals surface area (Å²) in [5.74, 6) is 0.708. The van der Waals surface area contributed by atoms with Gasteiger partial charge in [0.1, 0.15) is 12.4 Å². The molecule has 3 aliphatic rings. The van der Waals surface area contributed by atoms with Crippen molar-refractivity contribution in [2.75, 3.05) is 70.3 Å². The molecule has 3 aliphatic heterocycles. The molecule has 2 aromatic heterocycles. The first kappa shape index (κ1) is 34.7. The third kappa shape index (κ3) is 7.66. The smallest absolute Gasteiger partial charge is 0.318 e. The first-order valence-corrected chi connectivity index (χ1v) is 18.1. The Hall–Kier alpha value is -4.70. The molecule has 51 heavy (non-hydrogen) atoms. The van der Waals surface area contributed by atoms with Gasteiger partial charge in [0.2, 0.25) is 5.91 Å². The average Bonchev–Trinajstić information content (AvgIpc) is 3.76. The molecule has 13 heteroatoms. The second-order valence-electron chi connectivity index (χ2n) is 14.0. The van der Waals surface area contributed by atoms with E-state index in [0.717, 1.165) is 76.6 Å². The van der Waals surface area contributed by atoms with E-state index in [0.29, 0.717) is 51.4 Å². The maximum atomic E-state index is 13.5. The highest BCUT2D eigenvalue weighted by Gasteiger charge is 2.34. The number of likely N-dealkylation sites (tertiary alicyclic amines) is 1. The molecular weight excluding hydrogens is 664 g/mol. The molecule has 0 spiro atoms. The summed E-state index contributed by atoms with van der Waals surface area (Å²) in [6.07, 6.45) is 10.1. The number of anilines is 2. The van der Waals surface area contributed by atoms with Crippen LogP contribution in [-0.2, 0) is 24.3 Å². The molecule has 266 valence electrons. The van der Waals surface area contributed by atoms with Crippen molar-refractivity contribution in [2.24, 2.45) is 0 Å². The van der Waals surface area contributed by atoms with Crippen LogP contribution in [0.5, 0.6) is 6.01 Å². The summed E-state index contributed by atoms with van der Waals surface area (Å²) in [7, 11) is 6.12. The molecule has 2 atom stereocenters. The number of amides is 1. The molecule has 4 aromatic rings. The third-order valence-corrected chi connectivity index (χ3v) is 10.5. The van der Waals surface area contributed by atoms with Crippen LogP contribution < -0.4 is 14.5 Å². The van der Waals surface area contributed by atoms with Crippen LogP contribution in [-0.4, -0.2) is 113 Å². The molecule has 2 fully saturated rings. The first-order valence-electron chi connectivity index (χ1n) is 17.7. The van der Waals surface area contributed by atoms with Crippen LogP contribution in [0.2, 0.25) is 5.02 Å². The molecule has 7 rings (SSSR count). The number of hydrogen-bond donors (Lipinski definition) is 0. The van der Waals surface area contributed by atoms with E-state index < -0.39 is 0 Å². The molecule has 0 bridgehead atoms. The molecule has 0 saturated carbocycles. The largest absolute Gasteiger partial charge is 0.462 e. The number of benzene rings is 2. The number of rotatable bonds is 10. The molecule has 1 amide bonds. The van der Waals surface area contributed by atoms with Crippen LogP contribution >= 0.6 is 11.6 Å². The number of ether oxygens (including phenoxy) is 1. The minimum Gasteiger partial charge on any atom is -0.462 e. The Bertz CT molecular complexity index is 1950. The summed E-state index contributed by atoms with van der Waals surface area (Å²) in [5, 5.41) is 12.7. The van der Waals surface area contributed by atoms with Crippen molar-refractivity contribution in [3.05, 3.63) is 77.0 Å². The minimum atomic E-state index is -0.298. The number of piperazine rings is 1. The lowest BCUT2D eigenvalue weighted by Crippen LogP contribution is -2.55. The van der Waals surface area contributed by atoms with Crippen molar-refractivity contribution in [1.82, 2.24) is 34.2 Å². The van der Waals surface area contributed by atoms with Crippen molar-refractivity contribution in [3.8, 4) is 12.1 Å². The molecule has 0 N–H and O–H groups in total. The number of nitriles is 1. The van der Waals surface area contributed by atoms with Crippen molar-refractivity contribution >= 4 is 46.0 Å². The maximum absolute atomic E-state index is 13.5. The molecular formula is C38H45ClN10O2. The number of carbonyl (C=O) groups is 1. The zero-order valence-electron chi connectivity index (χ0n) is 29.6. The Morgan fingerprint density at radius 1 is 1.10 bits per heavy atom. The normalized spacial score (nSPS) is 19.6. The second-order valence-corrected chi connectivity index (χ2v) is 14.4. The van der Waals surface area contributed by atoms with Crippen LogP contribution in [0.15, 0.2) is 55.0 Å². The highest BCUT2D eigenvalue weighted by atomic mass is 35.5. The van der Waals surface area contributed by atoms with Gasteiger partial charge in [-0.1, -0.05) is 35.9 Å². The Morgan fingerprint density at radius 3 is 2.73 bits per heavy atom. The summed E-state index contributed by atoms with van der Waals surface area (Å²) in [6, 6.07) is 15.0. The summed E-state index contributed by atoms with van der Waals surface area (Å²) in [6.45, 7) is 5.20. The fraction of sp³-hybridized carbons (Fsp3) is 0.447. The van der Waals surface area contributed by atoms with Gasteiger partial charge in [0.25, 0.3) is 0 Å². The molecule has 5 heterocycles. The molecule has 0 unspecified atom stereocenters. The lowest BCUT2D eigenvalue weighted by atomic mass is 10.0. The topological polar surface area (TPSA) is 110 Å². The van der Waals surface area contributed by atoms with Crippen LogP contribution in [0, 0.1) is 11.3 Å². The van der Waals surface area contributed by atoms with Crippen LogP contribution in [0.1, 0.15) is 36.2 Å². The van der Waals surface area contributed by atoms with Crippen molar-refractivity contribution < 1.29 is 9.53 Å². The Balaban J connectivity index is 1.14. The van der Waals surface area contributed by atoms with Gasteiger partial charge in [-0.25, -0.2) is 4.98 Å². The van der Waals surface area contributed by atoms with Gasteiger partial charge in [-0.3, -0.25) is 4.79 Å². The molecule has 2 aromatic carbocycles. The third-order valence-electron chi connectivity index (χ3n) is 10.2. The number of aromatic nitrogens is 4. The number of hydrogen-bond acceptors (Lipinski definition) is 10. The lowest BCUT2D eigenvalue weighted by molar-refractivity contribution is -0.128. The van der Waals surface area contributed by atoms with Gasteiger partial charge in [0, 0.05) is 73.9 Å². The van der Waals surface area contributed by atoms with E-state index in [1.54, 1.807) is 28.1 Å². The zero-order chi connectivity index (χ0) is 35.5. The van der Waals surface area contributed by atoms with Crippen molar-refractivity contribution in [3.63, 3.8) is 0 Å².